The Bertz CT molecular complexity index is 1140. The first kappa shape index (κ1) is 24.9. The van der Waals surface area contributed by atoms with E-state index in [9.17, 15) is 35.5 Å². The molecule has 0 heterocycles. The Balaban J connectivity index is 0.00000169. The quantitative estimate of drug-likeness (QED) is 0.280. The van der Waals surface area contributed by atoms with E-state index in [1.54, 1.807) is 0 Å². The van der Waals surface area contributed by atoms with E-state index < -0.39 is 52.7 Å². The van der Waals surface area contributed by atoms with Crippen LogP contribution in [0.2, 0.25) is 0 Å². The molecule has 2 aromatic carbocycles. The summed E-state index contributed by atoms with van der Waals surface area (Å²) < 4.78 is 67.2. The Kier molecular flexibility index (Phi) is 8.34. The van der Waals surface area contributed by atoms with Crippen LogP contribution >= 0.6 is 0 Å². The predicted molar refractivity (Wildman–Crippen MR) is 75.7 cm³/mol. The van der Waals surface area contributed by atoms with E-state index in [2.05, 4.69) is 0 Å². The summed E-state index contributed by atoms with van der Waals surface area (Å²) in [5, 5.41) is 0. The number of hydrogen-bond donors (Lipinski definition) is 0. The van der Waals surface area contributed by atoms with Crippen molar-refractivity contribution in [2.75, 3.05) is 0 Å². The smallest absolute Gasteiger partial charge is 0.744 e. The summed E-state index contributed by atoms with van der Waals surface area (Å²) in [4.78, 5) is 23.3. The molecule has 0 saturated heterocycles. The van der Waals surface area contributed by atoms with E-state index in [0.29, 0.717) is 6.07 Å². The molecule has 0 bridgehead atoms. The van der Waals surface area contributed by atoms with Crippen LogP contribution in [0.4, 0.5) is 0 Å². The zero-order valence-electron chi connectivity index (χ0n) is 13.5. The molecule has 1 aliphatic carbocycles. The van der Waals surface area contributed by atoms with E-state index in [1.165, 1.54) is 6.07 Å². The summed E-state index contributed by atoms with van der Waals surface area (Å²) in [6.45, 7) is 0. The van der Waals surface area contributed by atoms with Crippen LogP contribution in [0.25, 0.3) is 0 Å². The summed E-state index contributed by atoms with van der Waals surface area (Å²) in [7, 11) is -9.93. The molecule has 12 heteroatoms. The van der Waals surface area contributed by atoms with E-state index in [1.807, 2.05) is 0 Å². The van der Waals surface area contributed by atoms with Gasteiger partial charge in [-0.15, -0.1) is 0 Å². The molecule has 124 valence electrons. The minimum atomic E-state index is -5.04. The first-order valence-electron chi connectivity index (χ1n) is 6.30. The van der Waals surface area contributed by atoms with Crippen LogP contribution in [0, 0.1) is 0 Å². The fraction of sp³-hybridized carbons (Fsp3) is 0. The van der Waals surface area contributed by atoms with Crippen LogP contribution in [0.3, 0.4) is 0 Å². The molecule has 0 spiro atoms. The van der Waals surface area contributed by atoms with Crippen molar-refractivity contribution in [2.45, 2.75) is 9.79 Å². The molecule has 0 amide bonds. The molecule has 0 unspecified atom stereocenters. The van der Waals surface area contributed by atoms with Gasteiger partial charge < -0.3 is 9.11 Å². The van der Waals surface area contributed by atoms with Gasteiger partial charge >= 0.3 is 103 Å². The van der Waals surface area contributed by atoms with Gasteiger partial charge in [0.2, 0.25) is 0 Å². The van der Waals surface area contributed by atoms with Crippen molar-refractivity contribution in [3.63, 3.8) is 0 Å². The summed E-state index contributed by atoms with van der Waals surface area (Å²) in [6, 6.07) is 5.80. The Morgan fingerprint density at radius 3 is 1.85 bits per heavy atom. The first-order chi connectivity index (χ1) is 11.0. The van der Waals surface area contributed by atoms with Crippen molar-refractivity contribution in [3.8, 4) is 0 Å². The molecule has 1 aliphatic rings. The third-order valence-electron chi connectivity index (χ3n) is 3.54. The van der Waals surface area contributed by atoms with Crippen LogP contribution in [-0.4, -0.2) is 37.5 Å². The van der Waals surface area contributed by atoms with Crippen LogP contribution in [0.5, 0.6) is 0 Å². The van der Waals surface area contributed by atoms with Gasteiger partial charge in [0.05, 0.1) is 15.4 Å². The Morgan fingerprint density at radius 2 is 1.31 bits per heavy atom. The molecular weight excluding hydrogens is 438 g/mol. The van der Waals surface area contributed by atoms with Crippen molar-refractivity contribution in [3.05, 3.63) is 58.7 Å². The standard InChI is InChI=1S/C14H8O8S2.2K/c15-13-8-5-4-7(23(17,18)19)6-10(8)14(16)12-9(13)2-1-3-11(12)24(20,21)22;;/h1-6H,(H,17,18,19)(H,20,21,22);;/q;2*+1/p-2. The second-order valence-corrected chi connectivity index (χ2v) is 7.68. The Labute approximate surface area is 234 Å². The van der Waals surface area contributed by atoms with E-state index in [4.69, 9.17) is 0 Å². The average molecular weight is 445 g/mol. The van der Waals surface area contributed by atoms with Crippen LogP contribution in [-0.2, 0) is 20.2 Å². The van der Waals surface area contributed by atoms with Gasteiger partial charge in [0, 0.05) is 16.7 Å². The van der Waals surface area contributed by atoms with Crippen molar-refractivity contribution in [1.82, 2.24) is 0 Å². The molecule has 0 aromatic heterocycles. The molecule has 2 aromatic rings. The number of hydrogen-bond acceptors (Lipinski definition) is 8. The zero-order chi connectivity index (χ0) is 17.9. The molecule has 0 aliphatic heterocycles. The molecule has 0 saturated carbocycles. The fourth-order valence-electron chi connectivity index (χ4n) is 2.51. The summed E-state index contributed by atoms with van der Waals surface area (Å²) in [5.41, 5.74) is -1.52. The second kappa shape index (κ2) is 8.71. The number of ketones is 2. The molecule has 0 radical (unpaired) electrons. The van der Waals surface area contributed by atoms with Crippen LogP contribution in [0.1, 0.15) is 31.8 Å². The van der Waals surface area contributed by atoms with E-state index in [-0.39, 0.29) is 114 Å². The number of carbonyl (C=O) groups is 2. The molecule has 0 atom stereocenters. The van der Waals surface area contributed by atoms with E-state index >= 15 is 0 Å². The number of rotatable bonds is 2. The van der Waals surface area contributed by atoms with E-state index in [0.717, 1.165) is 24.3 Å². The third kappa shape index (κ3) is 4.54. The Morgan fingerprint density at radius 1 is 0.692 bits per heavy atom. The second-order valence-electron chi connectivity index (χ2n) is 4.95. The summed E-state index contributed by atoms with van der Waals surface area (Å²) >= 11 is 0. The molecule has 0 fully saturated rings. The van der Waals surface area contributed by atoms with Gasteiger partial charge in [-0.2, -0.15) is 0 Å². The van der Waals surface area contributed by atoms with Crippen LogP contribution < -0.4 is 103 Å². The van der Waals surface area contributed by atoms with Crippen LogP contribution in [0.15, 0.2) is 46.2 Å². The number of carbonyl (C=O) groups excluding carboxylic acids is 2. The SMILES string of the molecule is O=C1c2ccc(S(=O)(=O)[O-])cc2C(=O)c2c1cccc2S(=O)(=O)[O-].[K+].[K+]. The van der Waals surface area contributed by atoms with Gasteiger partial charge in [-0.25, -0.2) is 16.8 Å². The predicted octanol–water partition coefficient (Wildman–Crippen LogP) is -5.72. The van der Waals surface area contributed by atoms with Gasteiger partial charge in [0.1, 0.15) is 20.2 Å². The maximum Gasteiger partial charge on any atom is 1.00 e. The summed E-state index contributed by atoms with van der Waals surface area (Å²) in [5.74, 6) is -1.76. The van der Waals surface area contributed by atoms with Crippen molar-refractivity contribution >= 4 is 31.8 Å². The molecular formula is C14H6K2O8S2. The van der Waals surface area contributed by atoms with Crippen molar-refractivity contribution < 1.29 is 138 Å². The monoisotopic (exact) mass is 444 g/mol. The minimum Gasteiger partial charge on any atom is -0.744 e. The third-order valence-corrected chi connectivity index (χ3v) is 5.25. The van der Waals surface area contributed by atoms with Gasteiger partial charge in [-0.05, 0) is 24.3 Å². The number of benzene rings is 2. The fourth-order valence-corrected chi connectivity index (χ4v) is 3.70. The maximum atomic E-state index is 12.5. The van der Waals surface area contributed by atoms with Crippen molar-refractivity contribution in [1.29, 1.82) is 0 Å². The molecule has 8 nitrogen and oxygen atoms in total. The first-order valence-corrected chi connectivity index (χ1v) is 9.12. The van der Waals surface area contributed by atoms with Crippen molar-refractivity contribution in [2.24, 2.45) is 0 Å². The topological polar surface area (TPSA) is 149 Å². The molecule has 3 rings (SSSR count). The molecule has 26 heavy (non-hydrogen) atoms. The Hall–Kier alpha value is 0.873. The largest absolute Gasteiger partial charge is 1.00 e. The zero-order valence-corrected chi connectivity index (χ0v) is 21.4. The van der Waals surface area contributed by atoms with Gasteiger partial charge in [-0.3, -0.25) is 9.59 Å². The maximum absolute atomic E-state index is 12.5. The normalized spacial score (nSPS) is 13.2. The van der Waals surface area contributed by atoms with Gasteiger partial charge in [-0.1, -0.05) is 12.1 Å². The number of fused-ring (bicyclic) bond motifs is 2. The average Bonchev–Trinajstić information content (AvgIpc) is 2.49. The van der Waals surface area contributed by atoms with Gasteiger partial charge in [0.25, 0.3) is 0 Å². The summed E-state index contributed by atoms with van der Waals surface area (Å²) in [6.07, 6.45) is 0. The molecule has 0 N–H and O–H groups in total. The van der Waals surface area contributed by atoms with Gasteiger partial charge in [0.15, 0.2) is 11.6 Å². The minimum absolute atomic E-state index is 0.